The van der Waals surface area contributed by atoms with Gasteiger partial charge >= 0.3 is 12.0 Å². The summed E-state index contributed by atoms with van der Waals surface area (Å²) in [6, 6.07) is 11.4. The van der Waals surface area contributed by atoms with Crippen LogP contribution in [-0.4, -0.2) is 54.7 Å². The summed E-state index contributed by atoms with van der Waals surface area (Å²) in [6.07, 6.45) is 2.30. The summed E-state index contributed by atoms with van der Waals surface area (Å²) in [5.74, 6) is 0.751. The van der Waals surface area contributed by atoms with Crippen molar-refractivity contribution >= 4 is 17.7 Å². The highest BCUT2D eigenvalue weighted by atomic mass is 16.5. The maximum atomic E-state index is 13.3. The Morgan fingerprint density at radius 3 is 2.50 bits per heavy atom. The fourth-order valence-electron chi connectivity index (χ4n) is 3.86. The number of carbonyl (C=O) groups is 2. The van der Waals surface area contributed by atoms with E-state index in [1.165, 1.54) is 7.11 Å². The molecule has 2 heterocycles. The van der Waals surface area contributed by atoms with Crippen LogP contribution >= 0.6 is 0 Å². The summed E-state index contributed by atoms with van der Waals surface area (Å²) in [6.45, 7) is 0.500. The minimum absolute atomic E-state index is 0.274. The first-order chi connectivity index (χ1) is 15.5. The summed E-state index contributed by atoms with van der Waals surface area (Å²) in [4.78, 5) is 34.3. The number of benzene rings is 2. The fourth-order valence-corrected chi connectivity index (χ4v) is 3.86. The molecule has 2 aromatic carbocycles. The van der Waals surface area contributed by atoms with Crippen molar-refractivity contribution in [2.45, 2.75) is 12.5 Å². The molecule has 1 unspecified atom stereocenters. The molecule has 1 aromatic heterocycles. The molecule has 1 aliphatic heterocycles. The largest absolute Gasteiger partial charge is 0.493 e. The Kier molecular flexibility index (Phi) is 5.98. The van der Waals surface area contributed by atoms with E-state index in [4.69, 9.17) is 14.2 Å². The minimum Gasteiger partial charge on any atom is -0.493 e. The van der Waals surface area contributed by atoms with Gasteiger partial charge in [-0.3, -0.25) is 0 Å². The Balaban J connectivity index is 1.63. The third-order valence-electron chi connectivity index (χ3n) is 5.47. The molecule has 9 nitrogen and oxygen atoms in total. The highest BCUT2D eigenvalue weighted by Crippen LogP contribution is 2.38. The molecule has 32 heavy (non-hydrogen) atoms. The van der Waals surface area contributed by atoms with Gasteiger partial charge in [-0.05, 0) is 42.0 Å². The van der Waals surface area contributed by atoms with Crippen LogP contribution in [0.15, 0.2) is 48.8 Å². The average Bonchev–Trinajstić information content (AvgIpc) is 3.31. The molecule has 0 fully saturated rings. The molecule has 1 aliphatic rings. The minimum atomic E-state index is -0.432. The molecule has 2 amide bonds. The van der Waals surface area contributed by atoms with Crippen molar-refractivity contribution in [3.8, 4) is 11.5 Å². The SMILES string of the molecule is COC(=O)c1ccc(NC(=O)N2CCc3[nH]cnc3C2c2ccc(OC)c(OC)c2)cc1. The number of esters is 1. The molecule has 166 valence electrons. The number of fused-ring (bicyclic) bond motifs is 1. The van der Waals surface area contributed by atoms with Crippen LogP contribution in [0.3, 0.4) is 0 Å². The van der Waals surface area contributed by atoms with Crippen LogP contribution < -0.4 is 14.8 Å². The summed E-state index contributed by atoms with van der Waals surface area (Å²) >= 11 is 0. The van der Waals surface area contributed by atoms with Crippen molar-refractivity contribution in [2.24, 2.45) is 0 Å². The van der Waals surface area contributed by atoms with Gasteiger partial charge in [-0.2, -0.15) is 0 Å². The maximum absolute atomic E-state index is 13.3. The van der Waals surface area contributed by atoms with Gasteiger partial charge in [-0.1, -0.05) is 6.07 Å². The number of amides is 2. The number of aromatic amines is 1. The van der Waals surface area contributed by atoms with E-state index < -0.39 is 12.0 Å². The lowest BCUT2D eigenvalue weighted by Crippen LogP contribution is -2.43. The molecule has 0 bridgehead atoms. The monoisotopic (exact) mass is 436 g/mol. The van der Waals surface area contributed by atoms with Gasteiger partial charge in [-0.25, -0.2) is 14.6 Å². The van der Waals surface area contributed by atoms with Crippen LogP contribution in [0.25, 0.3) is 0 Å². The van der Waals surface area contributed by atoms with Crippen molar-refractivity contribution in [2.75, 3.05) is 33.2 Å². The predicted octanol–water partition coefficient (Wildman–Crippen LogP) is 3.39. The maximum Gasteiger partial charge on any atom is 0.337 e. The van der Waals surface area contributed by atoms with E-state index >= 15 is 0 Å². The Morgan fingerprint density at radius 2 is 1.81 bits per heavy atom. The summed E-state index contributed by atoms with van der Waals surface area (Å²) in [5.41, 5.74) is 3.62. The molecule has 4 rings (SSSR count). The van der Waals surface area contributed by atoms with E-state index in [2.05, 4.69) is 15.3 Å². The molecule has 0 saturated heterocycles. The smallest absolute Gasteiger partial charge is 0.337 e. The molecule has 2 N–H and O–H groups in total. The molecule has 0 aliphatic carbocycles. The van der Waals surface area contributed by atoms with E-state index in [1.54, 1.807) is 49.7 Å². The summed E-state index contributed by atoms with van der Waals surface area (Å²) < 4.78 is 15.5. The van der Waals surface area contributed by atoms with E-state index in [1.807, 2.05) is 18.2 Å². The van der Waals surface area contributed by atoms with Crippen molar-refractivity contribution in [1.29, 1.82) is 0 Å². The molecule has 3 aromatic rings. The van der Waals surface area contributed by atoms with Crippen molar-refractivity contribution in [3.05, 3.63) is 71.3 Å². The molecule has 1 atom stereocenters. The van der Waals surface area contributed by atoms with E-state index in [0.717, 1.165) is 17.0 Å². The van der Waals surface area contributed by atoms with Gasteiger partial charge in [0.2, 0.25) is 0 Å². The van der Waals surface area contributed by atoms with Gasteiger partial charge in [0.25, 0.3) is 0 Å². The van der Waals surface area contributed by atoms with Crippen molar-refractivity contribution < 1.29 is 23.8 Å². The second-order valence-electron chi connectivity index (χ2n) is 7.23. The van der Waals surface area contributed by atoms with Crippen LogP contribution in [0, 0.1) is 0 Å². The second kappa shape index (κ2) is 9.01. The average molecular weight is 436 g/mol. The number of imidazole rings is 1. The first-order valence-electron chi connectivity index (χ1n) is 10.1. The van der Waals surface area contributed by atoms with Crippen molar-refractivity contribution in [3.63, 3.8) is 0 Å². The molecular weight excluding hydrogens is 412 g/mol. The lowest BCUT2D eigenvalue weighted by Gasteiger charge is -2.35. The van der Waals surface area contributed by atoms with E-state index in [-0.39, 0.29) is 6.03 Å². The van der Waals surface area contributed by atoms with Crippen LogP contribution in [0.1, 0.15) is 33.4 Å². The third-order valence-corrected chi connectivity index (χ3v) is 5.47. The Labute approximate surface area is 185 Å². The quantitative estimate of drug-likeness (QED) is 0.594. The van der Waals surface area contributed by atoms with Gasteiger partial charge in [0.15, 0.2) is 11.5 Å². The molecule has 0 radical (unpaired) electrons. The zero-order valence-corrected chi connectivity index (χ0v) is 18.0. The standard InChI is InChI=1S/C23H24N4O5/c1-30-18-9-6-15(12-19(18)31-2)21-20-17(24-13-25-20)10-11-27(21)23(29)26-16-7-4-14(5-8-16)22(28)32-3/h4-9,12-13,21H,10-11H2,1-3H3,(H,24,25)(H,26,29). The van der Waals surface area contributed by atoms with E-state index in [9.17, 15) is 9.59 Å². The lowest BCUT2D eigenvalue weighted by atomic mass is 9.95. The van der Waals surface area contributed by atoms with Crippen LogP contribution in [0.4, 0.5) is 10.5 Å². The Hall–Kier alpha value is -4.01. The number of rotatable bonds is 5. The normalized spacial score (nSPS) is 15.0. The van der Waals surface area contributed by atoms with Crippen LogP contribution in [-0.2, 0) is 11.2 Å². The zero-order valence-electron chi connectivity index (χ0n) is 18.0. The van der Waals surface area contributed by atoms with Gasteiger partial charge in [0.05, 0.1) is 38.9 Å². The Bertz CT molecular complexity index is 1130. The second-order valence-corrected chi connectivity index (χ2v) is 7.23. The van der Waals surface area contributed by atoms with E-state index in [0.29, 0.717) is 35.7 Å². The number of nitrogens with zero attached hydrogens (tertiary/aromatic N) is 2. The number of hydrogen-bond donors (Lipinski definition) is 2. The third kappa shape index (κ3) is 3.96. The number of carbonyl (C=O) groups excluding carboxylic acids is 2. The number of hydrogen-bond acceptors (Lipinski definition) is 6. The van der Waals surface area contributed by atoms with Crippen LogP contribution in [0.5, 0.6) is 11.5 Å². The van der Waals surface area contributed by atoms with Crippen molar-refractivity contribution in [1.82, 2.24) is 14.9 Å². The fraction of sp³-hybridized carbons (Fsp3) is 0.261. The zero-order chi connectivity index (χ0) is 22.7. The van der Waals surface area contributed by atoms with Crippen LogP contribution in [0.2, 0.25) is 0 Å². The number of methoxy groups -OCH3 is 3. The number of H-pyrrole nitrogens is 1. The Morgan fingerprint density at radius 1 is 1.06 bits per heavy atom. The molecule has 0 saturated carbocycles. The predicted molar refractivity (Wildman–Crippen MR) is 117 cm³/mol. The number of nitrogens with one attached hydrogen (secondary N) is 2. The molecule has 9 heteroatoms. The van der Waals surface area contributed by atoms with Gasteiger partial charge in [0, 0.05) is 24.3 Å². The van der Waals surface area contributed by atoms with Gasteiger partial charge in [0.1, 0.15) is 6.04 Å². The highest BCUT2D eigenvalue weighted by molar-refractivity contribution is 5.92. The number of urea groups is 1. The highest BCUT2D eigenvalue weighted by Gasteiger charge is 2.34. The first kappa shape index (κ1) is 21.2. The molecule has 0 spiro atoms. The van der Waals surface area contributed by atoms with Gasteiger partial charge < -0.3 is 29.4 Å². The number of ether oxygens (including phenoxy) is 3. The first-order valence-corrected chi connectivity index (χ1v) is 10.1. The van der Waals surface area contributed by atoms with Gasteiger partial charge in [-0.15, -0.1) is 0 Å². The summed E-state index contributed by atoms with van der Waals surface area (Å²) in [7, 11) is 4.48. The lowest BCUT2D eigenvalue weighted by molar-refractivity contribution is 0.0600. The topological polar surface area (TPSA) is 106 Å². The number of anilines is 1. The number of aromatic nitrogens is 2. The molecular formula is C23H24N4O5. The summed E-state index contributed by atoms with van der Waals surface area (Å²) in [5, 5.41) is 2.91.